The summed E-state index contributed by atoms with van der Waals surface area (Å²) in [7, 11) is 0. The van der Waals surface area contributed by atoms with E-state index < -0.39 is 34.9 Å². The molecule has 1 saturated heterocycles. The number of carbonyl (C=O) groups excluding carboxylic acids is 1. The van der Waals surface area contributed by atoms with Gasteiger partial charge in [0.25, 0.3) is 5.56 Å². The Balaban J connectivity index is 1.74. The normalized spacial score (nSPS) is 18.3. The number of hydrogen-bond acceptors (Lipinski definition) is 6. The van der Waals surface area contributed by atoms with E-state index in [0.717, 1.165) is 6.07 Å². The van der Waals surface area contributed by atoms with Crippen molar-refractivity contribution in [2.45, 2.75) is 57.7 Å². The Labute approximate surface area is 198 Å². The Hall–Kier alpha value is -3.28. The number of amides is 2. The molecule has 2 aliphatic rings. The Morgan fingerprint density at radius 2 is 1.91 bits per heavy atom. The van der Waals surface area contributed by atoms with Crippen molar-refractivity contribution in [3.8, 4) is 0 Å². The molecule has 34 heavy (non-hydrogen) atoms. The van der Waals surface area contributed by atoms with Gasteiger partial charge in [-0.2, -0.15) is 4.68 Å². The van der Waals surface area contributed by atoms with Crippen LogP contribution in [0.1, 0.15) is 46.1 Å². The Morgan fingerprint density at radius 1 is 1.24 bits per heavy atom. The van der Waals surface area contributed by atoms with Gasteiger partial charge in [0.15, 0.2) is 0 Å². The third-order valence-corrected chi connectivity index (χ3v) is 5.94. The quantitative estimate of drug-likeness (QED) is 0.591. The molecule has 11 nitrogen and oxygen atoms in total. The first-order chi connectivity index (χ1) is 15.9. The predicted octanol–water partition coefficient (Wildman–Crippen LogP) is 2.62. The summed E-state index contributed by atoms with van der Waals surface area (Å²) in [6.45, 7) is 5.85. The molecule has 184 valence electrons. The number of carboxylic acid groups (broad SMARTS) is 1. The van der Waals surface area contributed by atoms with Crippen molar-refractivity contribution in [1.29, 1.82) is 0 Å². The highest BCUT2D eigenvalue weighted by Crippen LogP contribution is 2.41. The number of rotatable bonds is 4. The minimum absolute atomic E-state index is 0.0137. The van der Waals surface area contributed by atoms with E-state index in [1.165, 1.54) is 4.57 Å². The first-order valence-electron chi connectivity index (χ1n) is 10.8. The lowest BCUT2D eigenvalue weighted by atomic mass is 10.2. The highest BCUT2D eigenvalue weighted by atomic mass is 35.5. The van der Waals surface area contributed by atoms with Crippen molar-refractivity contribution < 1.29 is 23.8 Å². The van der Waals surface area contributed by atoms with Gasteiger partial charge in [-0.25, -0.2) is 24.2 Å². The van der Waals surface area contributed by atoms with Crippen LogP contribution < -0.4 is 26.9 Å². The van der Waals surface area contributed by atoms with E-state index in [1.807, 2.05) is 0 Å². The summed E-state index contributed by atoms with van der Waals surface area (Å²) < 4.78 is 22.1. The minimum Gasteiger partial charge on any atom is -0.464 e. The zero-order chi connectivity index (χ0) is 24.9. The number of aromatic nitrogens is 2. The fourth-order valence-electron chi connectivity index (χ4n) is 4.12. The maximum absolute atomic E-state index is 15.3. The van der Waals surface area contributed by atoms with E-state index in [0.29, 0.717) is 30.5 Å². The Kier molecular flexibility index (Phi) is 5.96. The van der Waals surface area contributed by atoms with Crippen molar-refractivity contribution in [2.24, 2.45) is 0 Å². The summed E-state index contributed by atoms with van der Waals surface area (Å²) in [6.07, 6.45) is -0.417. The van der Waals surface area contributed by atoms with Gasteiger partial charge in [0.1, 0.15) is 11.4 Å². The van der Waals surface area contributed by atoms with Gasteiger partial charge in [-0.1, -0.05) is 11.6 Å². The van der Waals surface area contributed by atoms with Gasteiger partial charge in [0, 0.05) is 19.1 Å². The van der Waals surface area contributed by atoms with Gasteiger partial charge >= 0.3 is 17.9 Å². The minimum atomic E-state index is -1.61. The number of fused-ring (bicyclic) bond motifs is 1. The molecule has 1 unspecified atom stereocenters. The lowest BCUT2D eigenvalue weighted by molar-refractivity contribution is 0.0509. The average molecular weight is 498 g/mol. The number of halogens is 2. The fourth-order valence-corrected chi connectivity index (χ4v) is 4.52. The number of nitrogens with zero attached hydrogens (tertiary/aromatic N) is 3. The van der Waals surface area contributed by atoms with Crippen molar-refractivity contribution in [2.75, 3.05) is 23.4 Å². The van der Waals surface area contributed by atoms with Crippen LogP contribution in [0, 0.1) is 5.82 Å². The van der Waals surface area contributed by atoms with Gasteiger partial charge in [-0.3, -0.25) is 9.36 Å². The third kappa shape index (κ3) is 4.54. The van der Waals surface area contributed by atoms with Crippen molar-refractivity contribution in [3.05, 3.63) is 37.7 Å². The SMILES string of the molecule is CC(C)(C)OC(=O)NC1CCN(c2c(F)cc3c(=O)n(NC(=O)O)c(=O)n(C4CC4)c3c2Cl)C1. The second kappa shape index (κ2) is 8.49. The lowest BCUT2D eigenvalue weighted by Crippen LogP contribution is -2.46. The van der Waals surface area contributed by atoms with Gasteiger partial charge < -0.3 is 20.1 Å². The molecule has 4 rings (SSSR count). The summed E-state index contributed by atoms with van der Waals surface area (Å²) >= 11 is 6.61. The number of alkyl carbamates (subject to hydrolysis) is 1. The van der Waals surface area contributed by atoms with Crippen LogP contribution in [-0.4, -0.2) is 51.3 Å². The average Bonchev–Trinajstić information content (AvgIpc) is 3.44. The number of benzene rings is 1. The van der Waals surface area contributed by atoms with Gasteiger partial charge in [0.05, 0.1) is 27.7 Å². The molecule has 1 aliphatic heterocycles. The second-order valence-corrected chi connectivity index (χ2v) is 9.81. The van der Waals surface area contributed by atoms with Crippen LogP contribution in [0.4, 0.5) is 19.7 Å². The van der Waals surface area contributed by atoms with Crippen LogP contribution in [0.25, 0.3) is 10.9 Å². The summed E-state index contributed by atoms with van der Waals surface area (Å²) in [5.74, 6) is -0.796. The van der Waals surface area contributed by atoms with Crippen LogP contribution in [0.5, 0.6) is 0 Å². The molecule has 2 amide bonds. The van der Waals surface area contributed by atoms with Crippen molar-refractivity contribution in [1.82, 2.24) is 14.6 Å². The zero-order valence-corrected chi connectivity index (χ0v) is 19.6. The van der Waals surface area contributed by atoms with E-state index in [9.17, 15) is 19.2 Å². The van der Waals surface area contributed by atoms with Crippen LogP contribution in [-0.2, 0) is 4.74 Å². The fraction of sp³-hybridized carbons (Fsp3) is 0.524. The number of anilines is 1. The van der Waals surface area contributed by atoms with Crippen LogP contribution >= 0.6 is 11.6 Å². The van der Waals surface area contributed by atoms with Gasteiger partial charge in [-0.15, -0.1) is 0 Å². The van der Waals surface area contributed by atoms with E-state index in [2.05, 4.69) is 5.32 Å². The molecular weight excluding hydrogens is 473 g/mol. The summed E-state index contributed by atoms with van der Waals surface area (Å²) in [5.41, 5.74) is -0.737. The van der Waals surface area contributed by atoms with Crippen molar-refractivity contribution >= 4 is 40.4 Å². The molecule has 1 aromatic heterocycles. The Bertz CT molecular complexity index is 1300. The molecule has 2 heterocycles. The Morgan fingerprint density at radius 3 is 2.50 bits per heavy atom. The van der Waals surface area contributed by atoms with Crippen LogP contribution in [0.3, 0.4) is 0 Å². The molecule has 3 N–H and O–H groups in total. The van der Waals surface area contributed by atoms with Gasteiger partial charge in [-0.05, 0) is 46.1 Å². The molecular formula is C21H25ClFN5O6. The molecule has 0 radical (unpaired) electrons. The first-order valence-corrected chi connectivity index (χ1v) is 11.2. The number of nitrogens with one attached hydrogen (secondary N) is 2. The highest BCUT2D eigenvalue weighted by Gasteiger charge is 2.34. The van der Waals surface area contributed by atoms with E-state index in [4.69, 9.17) is 21.4 Å². The van der Waals surface area contributed by atoms with Crippen LogP contribution in [0.15, 0.2) is 15.7 Å². The maximum Gasteiger partial charge on any atom is 0.424 e. The van der Waals surface area contributed by atoms with Crippen molar-refractivity contribution in [3.63, 3.8) is 0 Å². The maximum atomic E-state index is 15.3. The number of hydrogen-bond donors (Lipinski definition) is 3. The topological polar surface area (TPSA) is 135 Å². The van der Waals surface area contributed by atoms with E-state index in [-0.39, 0.29) is 40.2 Å². The van der Waals surface area contributed by atoms with E-state index in [1.54, 1.807) is 31.1 Å². The predicted molar refractivity (Wildman–Crippen MR) is 123 cm³/mol. The zero-order valence-electron chi connectivity index (χ0n) is 18.9. The summed E-state index contributed by atoms with van der Waals surface area (Å²) in [5, 5.41) is 11.4. The molecule has 1 saturated carbocycles. The third-order valence-electron chi connectivity index (χ3n) is 5.58. The molecule has 1 aromatic carbocycles. The monoisotopic (exact) mass is 497 g/mol. The van der Waals surface area contributed by atoms with Crippen LogP contribution in [0.2, 0.25) is 5.02 Å². The standard InChI is InChI=1S/C21H25ClFN5O6/c1-21(2,3)34-19(32)24-10-6-7-26(9-10)16-13(23)8-12-15(14(16)22)27(11-4-5-11)20(33)28(17(12)29)25-18(30)31/h8,10-11,25H,4-7,9H2,1-3H3,(H,24,32)(H,30,31). The smallest absolute Gasteiger partial charge is 0.424 e. The second-order valence-electron chi connectivity index (χ2n) is 9.44. The first kappa shape index (κ1) is 23.9. The van der Waals surface area contributed by atoms with Gasteiger partial charge in [0.2, 0.25) is 0 Å². The number of ether oxygens (including phenoxy) is 1. The molecule has 2 fully saturated rings. The molecule has 2 aromatic rings. The molecule has 0 bridgehead atoms. The molecule has 1 atom stereocenters. The summed E-state index contributed by atoms with van der Waals surface area (Å²) in [4.78, 5) is 50.6. The molecule has 0 spiro atoms. The summed E-state index contributed by atoms with van der Waals surface area (Å²) in [6, 6.07) is 0.360. The highest BCUT2D eigenvalue weighted by molar-refractivity contribution is 6.38. The largest absolute Gasteiger partial charge is 0.464 e. The lowest BCUT2D eigenvalue weighted by Gasteiger charge is -2.24. The number of carbonyl (C=O) groups is 2. The molecule has 13 heteroatoms. The van der Waals surface area contributed by atoms with E-state index >= 15 is 4.39 Å². The molecule has 1 aliphatic carbocycles.